The molecule has 1 rings (SSSR count). The Morgan fingerprint density at radius 3 is 2.07 bits per heavy atom. The molecule has 0 saturated heterocycles. The van der Waals surface area contributed by atoms with E-state index in [1.54, 1.807) is 38.1 Å². The molecule has 0 N–H and O–H groups in total. The summed E-state index contributed by atoms with van der Waals surface area (Å²) in [7, 11) is -3.32. The largest absolute Gasteiger partial charge is 0.223 e. The van der Waals surface area contributed by atoms with E-state index in [0.29, 0.717) is 4.90 Å². The lowest BCUT2D eigenvalue weighted by atomic mass is 10.2. The molecule has 0 bridgehead atoms. The Balaban J connectivity index is 3.30. The van der Waals surface area contributed by atoms with Gasteiger partial charge in [-0.2, -0.15) is 0 Å². The highest BCUT2D eigenvalue weighted by Crippen LogP contribution is 2.26. The van der Waals surface area contributed by atoms with Crippen molar-refractivity contribution in [2.75, 3.05) is 0 Å². The lowest BCUT2D eigenvalue weighted by molar-refractivity contribution is 0.572. The van der Waals surface area contributed by atoms with Crippen LogP contribution in [-0.4, -0.2) is 13.2 Å². The zero-order valence-corrected chi connectivity index (χ0v) is 10.1. The third-order valence-corrected chi connectivity index (χ3v) is 4.96. The fourth-order valence-electron chi connectivity index (χ4n) is 1.13. The van der Waals surface area contributed by atoms with Crippen LogP contribution < -0.4 is 0 Å². The summed E-state index contributed by atoms with van der Waals surface area (Å²) in [5, 5.41) is 0. The monoisotopic (exact) mass is 224 g/mol. The highest BCUT2D eigenvalue weighted by Gasteiger charge is 2.32. The fraction of sp³-hybridized carbons (Fsp3) is 0.333. The number of benzene rings is 1. The number of aryl methyl sites for hydroxylation is 1. The molecule has 3 heteroatoms. The molecule has 1 aromatic carbocycles. The molecule has 0 heterocycles. The van der Waals surface area contributed by atoms with E-state index in [-0.39, 0.29) is 0 Å². The van der Waals surface area contributed by atoms with Crippen LogP contribution in [0.3, 0.4) is 0 Å². The normalized spacial score (nSPS) is 12.5. The van der Waals surface area contributed by atoms with Gasteiger partial charge in [-0.3, -0.25) is 0 Å². The second-order valence-corrected chi connectivity index (χ2v) is 6.65. The quantitative estimate of drug-likeness (QED) is 0.740. The summed E-state index contributed by atoms with van der Waals surface area (Å²) in [6, 6.07) is 6.87. The van der Waals surface area contributed by atoms with Crippen LogP contribution >= 0.6 is 0 Å². The maximum atomic E-state index is 12.1. The van der Waals surface area contributed by atoms with Crippen molar-refractivity contribution in [3.8, 4) is 0 Å². The molecule has 0 aromatic heterocycles. The summed E-state index contributed by atoms with van der Waals surface area (Å²) >= 11 is 0. The van der Waals surface area contributed by atoms with Crippen molar-refractivity contribution in [1.82, 2.24) is 0 Å². The molecule has 2 nitrogen and oxygen atoms in total. The van der Waals surface area contributed by atoms with Crippen molar-refractivity contribution in [3.63, 3.8) is 0 Å². The Hall–Kier alpha value is -1.09. The standard InChI is InChI=1S/C12H16O2S/c1-5-12(3,4)15(13,14)11-8-6-10(2)7-9-11/h5-9H,1H2,2-4H3. The van der Waals surface area contributed by atoms with Gasteiger partial charge in [0.25, 0.3) is 0 Å². The van der Waals surface area contributed by atoms with Crippen molar-refractivity contribution in [2.45, 2.75) is 30.4 Å². The van der Waals surface area contributed by atoms with Crippen LogP contribution in [-0.2, 0) is 9.84 Å². The van der Waals surface area contributed by atoms with Gasteiger partial charge in [-0.25, -0.2) is 8.42 Å². The minimum atomic E-state index is -3.32. The van der Waals surface area contributed by atoms with Gasteiger partial charge in [-0.05, 0) is 32.9 Å². The van der Waals surface area contributed by atoms with Crippen LogP contribution in [0.15, 0.2) is 41.8 Å². The van der Waals surface area contributed by atoms with Crippen LogP contribution in [0.5, 0.6) is 0 Å². The highest BCUT2D eigenvalue weighted by atomic mass is 32.2. The molecule has 82 valence electrons. The predicted octanol–water partition coefficient (Wildman–Crippen LogP) is 2.73. The summed E-state index contributed by atoms with van der Waals surface area (Å²) in [5.74, 6) is 0. The smallest absolute Gasteiger partial charge is 0.187 e. The van der Waals surface area contributed by atoms with Crippen molar-refractivity contribution in [3.05, 3.63) is 42.5 Å². The van der Waals surface area contributed by atoms with E-state index in [2.05, 4.69) is 6.58 Å². The van der Waals surface area contributed by atoms with E-state index in [4.69, 9.17) is 0 Å². The van der Waals surface area contributed by atoms with Gasteiger partial charge in [0.05, 0.1) is 9.64 Å². The number of sulfone groups is 1. The Morgan fingerprint density at radius 1 is 1.20 bits per heavy atom. The van der Waals surface area contributed by atoms with Gasteiger partial charge in [-0.1, -0.05) is 23.8 Å². The van der Waals surface area contributed by atoms with E-state index in [9.17, 15) is 8.42 Å². The molecule has 0 aliphatic heterocycles. The molecule has 0 aliphatic carbocycles. The van der Waals surface area contributed by atoms with Gasteiger partial charge in [0.15, 0.2) is 9.84 Å². The Bertz CT molecular complexity index is 453. The maximum Gasteiger partial charge on any atom is 0.187 e. The van der Waals surface area contributed by atoms with E-state index in [1.165, 1.54) is 6.08 Å². The van der Waals surface area contributed by atoms with E-state index >= 15 is 0 Å². The minimum Gasteiger partial charge on any atom is -0.223 e. The molecule has 0 radical (unpaired) electrons. The molecule has 0 fully saturated rings. The van der Waals surface area contributed by atoms with E-state index in [1.807, 2.05) is 6.92 Å². The van der Waals surface area contributed by atoms with Crippen molar-refractivity contribution in [1.29, 1.82) is 0 Å². The van der Waals surface area contributed by atoms with E-state index in [0.717, 1.165) is 5.56 Å². The molecule has 0 amide bonds. The Labute approximate surface area is 91.6 Å². The average molecular weight is 224 g/mol. The molecule has 15 heavy (non-hydrogen) atoms. The first kappa shape index (κ1) is 12.0. The summed E-state index contributed by atoms with van der Waals surface area (Å²) in [4.78, 5) is 0.345. The molecule has 0 unspecified atom stereocenters. The molecule has 1 aromatic rings. The third kappa shape index (κ3) is 2.12. The number of hydrogen-bond donors (Lipinski definition) is 0. The summed E-state index contributed by atoms with van der Waals surface area (Å²) in [5.41, 5.74) is 1.05. The first-order valence-corrected chi connectivity index (χ1v) is 6.24. The highest BCUT2D eigenvalue weighted by molar-refractivity contribution is 7.93. The first-order chi connectivity index (χ1) is 6.81. The minimum absolute atomic E-state index is 0.345. The topological polar surface area (TPSA) is 34.1 Å². The van der Waals surface area contributed by atoms with Crippen molar-refractivity contribution in [2.24, 2.45) is 0 Å². The van der Waals surface area contributed by atoms with Gasteiger partial charge in [0, 0.05) is 0 Å². The van der Waals surface area contributed by atoms with Crippen molar-refractivity contribution < 1.29 is 8.42 Å². The molecule has 0 aliphatic rings. The second kappa shape index (κ2) is 3.81. The predicted molar refractivity (Wildman–Crippen MR) is 62.6 cm³/mol. The van der Waals surface area contributed by atoms with Crippen LogP contribution in [0.1, 0.15) is 19.4 Å². The van der Waals surface area contributed by atoms with Gasteiger partial charge >= 0.3 is 0 Å². The van der Waals surface area contributed by atoms with Gasteiger partial charge in [0.1, 0.15) is 0 Å². The lowest BCUT2D eigenvalue weighted by Crippen LogP contribution is -2.29. The number of hydrogen-bond acceptors (Lipinski definition) is 2. The molecular weight excluding hydrogens is 208 g/mol. The molecule has 0 spiro atoms. The van der Waals surface area contributed by atoms with Crippen molar-refractivity contribution >= 4 is 9.84 Å². The zero-order chi connectivity index (χ0) is 11.7. The van der Waals surface area contributed by atoms with Crippen LogP contribution in [0.25, 0.3) is 0 Å². The summed E-state index contributed by atoms with van der Waals surface area (Å²) < 4.78 is 23.3. The third-order valence-electron chi connectivity index (χ3n) is 2.52. The average Bonchev–Trinajstić information content (AvgIpc) is 2.18. The van der Waals surface area contributed by atoms with E-state index < -0.39 is 14.6 Å². The molecular formula is C12H16O2S. The van der Waals surface area contributed by atoms with Crippen LogP contribution in [0.2, 0.25) is 0 Å². The first-order valence-electron chi connectivity index (χ1n) is 4.76. The Morgan fingerprint density at radius 2 is 1.67 bits per heavy atom. The summed E-state index contributed by atoms with van der Waals surface area (Å²) in [6.45, 7) is 8.78. The maximum absolute atomic E-state index is 12.1. The Kier molecular flexibility index (Phi) is 3.05. The number of rotatable bonds is 3. The molecule has 0 saturated carbocycles. The fourth-order valence-corrected chi connectivity index (χ4v) is 2.45. The SMILES string of the molecule is C=CC(C)(C)S(=O)(=O)c1ccc(C)cc1. The molecule has 0 atom stereocenters. The van der Waals surface area contributed by atoms with Crippen LogP contribution in [0.4, 0.5) is 0 Å². The lowest BCUT2D eigenvalue weighted by Gasteiger charge is -2.20. The van der Waals surface area contributed by atoms with Gasteiger partial charge in [-0.15, -0.1) is 6.58 Å². The second-order valence-electron chi connectivity index (χ2n) is 4.12. The van der Waals surface area contributed by atoms with Gasteiger partial charge < -0.3 is 0 Å². The van der Waals surface area contributed by atoms with Gasteiger partial charge in [0.2, 0.25) is 0 Å². The van der Waals surface area contributed by atoms with Crippen LogP contribution in [0, 0.1) is 6.92 Å². The summed E-state index contributed by atoms with van der Waals surface area (Å²) in [6.07, 6.45) is 1.46. The zero-order valence-electron chi connectivity index (χ0n) is 9.32.